The van der Waals surface area contributed by atoms with Crippen LogP contribution in [0.3, 0.4) is 0 Å². The Bertz CT molecular complexity index is 1100. The zero-order valence-corrected chi connectivity index (χ0v) is 15.3. The Labute approximate surface area is 167 Å². The molecule has 0 aliphatic heterocycles. The Hall–Kier alpha value is -3.69. The van der Waals surface area contributed by atoms with E-state index in [-0.39, 0.29) is 28.4 Å². The minimum atomic E-state index is -4.67. The van der Waals surface area contributed by atoms with Gasteiger partial charge in [0.05, 0.1) is 11.1 Å². The monoisotopic (exact) mass is 423 g/mol. The number of nitrogen functional groups attached to an aromatic ring is 1. The van der Waals surface area contributed by atoms with Gasteiger partial charge >= 0.3 is 6.18 Å². The summed E-state index contributed by atoms with van der Waals surface area (Å²) in [5.41, 5.74) is 4.90. The first-order valence-electron chi connectivity index (χ1n) is 8.43. The van der Waals surface area contributed by atoms with Crippen LogP contribution in [0.15, 0.2) is 48.5 Å². The third-order valence-corrected chi connectivity index (χ3v) is 4.02. The highest BCUT2D eigenvalue weighted by atomic mass is 19.4. The number of anilines is 2. The number of nitrogens with two attached hydrogens (primary N) is 1. The Balaban J connectivity index is 1.71. The molecule has 10 heteroatoms. The Morgan fingerprint density at radius 1 is 1.07 bits per heavy atom. The highest BCUT2D eigenvalue weighted by Gasteiger charge is 2.31. The number of hydrogen-bond donors (Lipinski definition) is 2. The molecular formula is C20H14F5N3O2. The van der Waals surface area contributed by atoms with Crippen LogP contribution in [0.1, 0.15) is 21.5 Å². The number of pyridine rings is 1. The smallest absolute Gasteiger partial charge is 0.416 e. The van der Waals surface area contributed by atoms with E-state index < -0.39 is 29.4 Å². The summed E-state index contributed by atoms with van der Waals surface area (Å²) in [6.45, 7) is 1.44. The van der Waals surface area contributed by atoms with Crippen LogP contribution in [0.5, 0.6) is 11.5 Å². The lowest BCUT2D eigenvalue weighted by molar-refractivity contribution is -0.137. The largest absolute Gasteiger partial charge is 0.454 e. The van der Waals surface area contributed by atoms with Gasteiger partial charge in [0.15, 0.2) is 11.6 Å². The van der Waals surface area contributed by atoms with E-state index in [4.69, 9.17) is 10.5 Å². The first kappa shape index (κ1) is 21.0. The van der Waals surface area contributed by atoms with Crippen molar-refractivity contribution in [1.29, 1.82) is 0 Å². The molecule has 0 saturated heterocycles. The number of halogens is 5. The molecular weight excluding hydrogens is 409 g/mol. The van der Waals surface area contributed by atoms with E-state index in [1.54, 1.807) is 0 Å². The molecule has 0 radical (unpaired) electrons. The average Bonchev–Trinajstić information content (AvgIpc) is 2.67. The van der Waals surface area contributed by atoms with Crippen LogP contribution < -0.4 is 15.8 Å². The minimum absolute atomic E-state index is 0.0129. The van der Waals surface area contributed by atoms with Crippen LogP contribution in [0.4, 0.5) is 33.5 Å². The predicted molar refractivity (Wildman–Crippen MR) is 99.2 cm³/mol. The first-order chi connectivity index (χ1) is 14.0. The molecule has 5 nitrogen and oxygen atoms in total. The van der Waals surface area contributed by atoms with Gasteiger partial charge in [-0.15, -0.1) is 0 Å². The summed E-state index contributed by atoms with van der Waals surface area (Å²) in [7, 11) is 0. The third-order valence-electron chi connectivity index (χ3n) is 4.02. The number of nitrogens with zero attached hydrogens (tertiary/aromatic N) is 1. The zero-order chi connectivity index (χ0) is 22.1. The van der Waals surface area contributed by atoms with Crippen molar-refractivity contribution >= 4 is 17.4 Å². The summed E-state index contributed by atoms with van der Waals surface area (Å²) in [5.74, 6) is -3.09. The number of hydrogen-bond acceptors (Lipinski definition) is 4. The summed E-state index contributed by atoms with van der Waals surface area (Å²) in [6, 6.07) is 8.79. The lowest BCUT2D eigenvalue weighted by atomic mass is 10.1. The summed E-state index contributed by atoms with van der Waals surface area (Å²) < 4.78 is 70.3. The molecule has 0 aliphatic rings. The number of ether oxygens (including phenoxy) is 1. The van der Waals surface area contributed by atoms with Crippen molar-refractivity contribution in [3.63, 3.8) is 0 Å². The molecule has 1 aromatic heterocycles. The maximum absolute atomic E-state index is 13.9. The second-order valence-electron chi connectivity index (χ2n) is 6.25. The van der Waals surface area contributed by atoms with Crippen molar-refractivity contribution in [3.8, 4) is 11.5 Å². The summed E-state index contributed by atoms with van der Waals surface area (Å²) in [5, 5.41) is 2.54. The van der Waals surface area contributed by atoms with Crippen LogP contribution in [-0.2, 0) is 6.18 Å². The van der Waals surface area contributed by atoms with Crippen LogP contribution >= 0.6 is 0 Å². The van der Waals surface area contributed by atoms with Crippen molar-refractivity contribution in [2.75, 3.05) is 11.1 Å². The van der Waals surface area contributed by atoms with Gasteiger partial charge in [-0.1, -0.05) is 0 Å². The molecule has 0 saturated carbocycles. The number of rotatable bonds is 4. The molecule has 0 bridgehead atoms. The number of nitrogens with one attached hydrogen (secondary N) is 1. The highest BCUT2D eigenvalue weighted by Crippen LogP contribution is 2.33. The molecule has 0 fully saturated rings. The van der Waals surface area contributed by atoms with Gasteiger partial charge in [0.1, 0.15) is 11.6 Å². The Morgan fingerprint density at radius 3 is 2.33 bits per heavy atom. The van der Waals surface area contributed by atoms with Crippen molar-refractivity contribution in [2.24, 2.45) is 0 Å². The third kappa shape index (κ3) is 4.65. The molecule has 0 spiro atoms. The van der Waals surface area contributed by atoms with Crippen molar-refractivity contribution in [1.82, 2.24) is 4.98 Å². The molecule has 156 valence electrons. The van der Waals surface area contributed by atoms with Crippen molar-refractivity contribution in [2.45, 2.75) is 13.1 Å². The van der Waals surface area contributed by atoms with Crippen molar-refractivity contribution in [3.05, 3.63) is 77.0 Å². The molecule has 0 atom stereocenters. The van der Waals surface area contributed by atoms with Gasteiger partial charge in [-0.05, 0) is 55.5 Å². The lowest BCUT2D eigenvalue weighted by Crippen LogP contribution is -2.16. The standard InChI is InChI=1S/C20H14F5N3O2/c1-10-8-14(18(26)28-17(10)22)19(29)27-12-3-5-13(6-4-12)30-16-7-2-11(9-15(16)21)20(23,24)25/h2-9H,1H3,(H2,26,28)(H,27,29). The molecule has 3 aromatic rings. The molecule has 0 unspecified atom stereocenters. The van der Waals surface area contributed by atoms with Gasteiger partial charge in [0, 0.05) is 11.3 Å². The fraction of sp³-hybridized carbons (Fsp3) is 0.100. The number of carbonyl (C=O) groups is 1. The topological polar surface area (TPSA) is 77.2 Å². The molecule has 2 aromatic carbocycles. The number of alkyl halides is 3. The fourth-order valence-electron chi connectivity index (χ4n) is 2.48. The van der Waals surface area contributed by atoms with Crippen LogP contribution in [-0.4, -0.2) is 10.9 Å². The molecule has 1 amide bonds. The summed E-state index contributed by atoms with van der Waals surface area (Å²) in [4.78, 5) is 15.8. The summed E-state index contributed by atoms with van der Waals surface area (Å²) in [6.07, 6.45) is -4.67. The van der Waals surface area contributed by atoms with Gasteiger partial charge in [-0.25, -0.2) is 9.37 Å². The number of amides is 1. The van der Waals surface area contributed by atoms with E-state index in [9.17, 15) is 26.7 Å². The fourth-order valence-corrected chi connectivity index (χ4v) is 2.48. The first-order valence-corrected chi connectivity index (χ1v) is 8.43. The highest BCUT2D eigenvalue weighted by molar-refractivity contribution is 6.07. The maximum Gasteiger partial charge on any atom is 0.416 e. The van der Waals surface area contributed by atoms with Gasteiger partial charge in [-0.3, -0.25) is 4.79 Å². The average molecular weight is 423 g/mol. The maximum atomic E-state index is 13.9. The zero-order valence-electron chi connectivity index (χ0n) is 15.3. The Kier molecular flexibility index (Phi) is 5.59. The lowest BCUT2D eigenvalue weighted by Gasteiger charge is -2.11. The number of benzene rings is 2. The number of carbonyl (C=O) groups excluding carboxylic acids is 1. The molecule has 3 rings (SSSR count). The second-order valence-corrected chi connectivity index (χ2v) is 6.25. The van der Waals surface area contributed by atoms with Gasteiger partial charge < -0.3 is 15.8 Å². The number of aromatic nitrogens is 1. The minimum Gasteiger partial charge on any atom is -0.454 e. The molecule has 3 N–H and O–H groups in total. The van der Waals surface area contributed by atoms with E-state index in [0.29, 0.717) is 17.8 Å². The molecule has 0 aliphatic carbocycles. The van der Waals surface area contributed by atoms with Crippen LogP contribution in [0, 0.1) is 18.7 Å². The van der Waals surface area contributed by atoms with E-state index in [0.717, 1.165) is 6.07 Å². The van der Waals surface area contributed by atoms with Crippen LogP contribution in [0.2, 0.25) is 0 Å². The van der Waals surface area contributed by atoms with Crippen LogP contribution in [0.25, 0.3) is 0 Å². The van der Waals surface area contributed by atoms with E-state index in [1.807, 2.05) is 0 Å². The van der Waals surface area contributed by atoms with Gasteiger partial charge in [0.2, 0.25) is 5.95 Å². The van der Waals surface area contributed by atoms with E-state index >= 15 is 0 Å². The summed E-state index contributed by atoms with van der Waals surface area (Å²) >= 11 is 0. The second kappa shape index (κ2) is 7.97. The Morgan fingerprint density at radius 2 is 1.73 bits per heavy atom. The molecule has 30 heavy (non-hydrogen) atoms. The van der Waals surface area contributed by atoms with E-state index in [2.05, 4.69) is 10.3 Å². The van der Waals surface area contributed by atoms with Gasteiger partial charge in [-0.2, -0.15) is 17.6 Å². The van der Waals surface area contributed by atoms with Gasteiger partial charge in [0.25, 0.3) is 5.91 Å². The molecule has 1 heterocycles. The van der Waals surface area contributed by atoms with E-state index in [1.165, 1.54) is 37.3 Å². The van der Waals surface area contributed by atoms with Crippen molar-refractivity contribution < 1.29 is 31.5 Å². The quantitative estimate of drug-likeness (QED) is 0.440. The predicted octanol–water partition coefficient (Wildman–Crippen LogP) is 5.31. The number of aryl methyl sites for hydroxylation is 1. The SMILES string of the molecule is Cc1cc(C(=O)Nc2ccc(Oc3ccc(C(F)(F)F)cc3F)cc2)c(N)nc1F. The normalized spacial score (nSPS) is 11.3.